The van der Waals surface area contributed by atoms with Crippen LogP contribution < -0.4 is 0 Å². The van der Waals surface area contributed by atoms with Crippen LogP contribution in [-0.2, 0) is 6.54 Å². The highest BCUT2D eigenvalue weighted by Crippen LogP contribution is 2.17. The Hall–Kier alpha value is -2.39. The first kappa shape index (κ1) is 14.5. The van der Waals surface area contributed by atoms with Crippen LogP contribution in [0, 0.1) is 0 Å². The van der Waals surface area contributed by atoms with Crippen LogP contribution in [0.5, 0.6) is 0 Å². The molecule has 1 aromatic heterocycles. The Bertz CT molecular complexity index is 832. The lowest BCUT2D eigenvalue weighted by molar-refractivity contribution is 0.0779. The summed E-state index contributed by atoms with van der Waals surface area (Å²) in [5.41, 5.74) is 1.44. The van der Waals surface area contributed by atoms with Crippen LogP contribution in [0.15, 0.2) is 60.8 Å². The largest absolute Gasteiger partial charge is 0.336 e. The van der Waals surface area contributed by atoms with E-state index in [1.54, 1.807) is 30.3 Å². The van der Waals surface area contributed by atoms with Crippen molar-refractivity contribution in [1.29, 1.82) is 0 Å². The van der Waals surface area contributed by atoms with Crippen LogP contribution >= 0.6 is 11.6 Å². The van der Waals surface area contributed by atoms with Gasteiger partial charge in [0.2, 0.25) is 0 Å². The van der Waals surface area contributed by atoms with Gasteiger partial charge in [0.05, 0.1) is 0 Å². The molecule has 0 atom stereocenters. The summed E-state index contributed by atoms with van der Waals surface area (Å²) in [7, 11) is 1.76. The highest BCUT2D eigenvalue weighted by atomic mass is 35.5. The normalized spacial score (nSPS) is 10.6. The summed E-state index contributed by atoms with van der Waals surface area (Å²) in [4.78, 5) is 18.1. The fourth-order valence-electron chi connectivity index (χ4n) is 2.40. The Morgan fingerprint density at radius 1 is 1.09 bits per heavy atom. The average Bonchev–Trinajstić information content (AvgIpc) is 2.54. The summed E-state index contributed by atoms with van der Waals surface area (Å²) in [6.07, 6.45) is 1.54. The van der Waals surface area contributed by atoms with Gasteiger partial charge in [-0.05, 0) is 34.5 Å². The number of hydrogen-bond acceptors (Lipinski definition) is 2. The summed E-state index contributed by atoms with van der Waals surface area (Å²) >= 11 is 5.91. The van der Waals surface area contributed by atoms with E-state index in [0.29, 0.717) is 17.3 Å². The van der Waals surface area contributed by atoms with Crippen molar-refractivity contribution >= 4 is 28.3 Å². The van der Waals surface area contributed by atoms with E-state index in [2.05, 4.69) is 29.2 Å². The molecule has 1 heterocycles. The fourth-order valence-corrected chi connectivity index (χ4v) is 2.56. The summed E-state index contributed by atoms with van der Waals surface area (Å²) in [5.74, 6) is -0.143. The van der Waals surface area contributed by atoms with Gasteiger partial charge in [0.25, 0.3) is 5.91 Å². The number of rotatable bonds is 3. The molecule has 0 N–H and O–H groups in total. The van der Waals surface area contributed by atoms with Gasteiger partial charge in [-0.2, -0.15) is 0 Å². The molecule has 0 aliphatic rings. The molecule has 2 aromatic carbocycles. The van der Waals surface area contributed by atoms with Gasteiger partial charge in [-0.3, -0.25) is 9.78 Å². The Morgan fingerprint density at radius 3 is 2.64 bits per heavy atom. The number of fused-ring (bicyclic) bond motifs is 1. The number of carbonyl (C=O) groups excluding carboxylic acids is 1. The van der Waals surface area contributed by atoms with Crippen molar-refractivity contribution in [2.75, 3.05) is 7.05 Å². The highest BCUT2D eigenvalue weighted by Gasteiger charge is 2.13. The molecule has 22 heavy (non-hydrogen) atoms. The maximum Gasteiger partial charge on any atom is 0.272 e. The maximum absolute atomic E-state index is 12.4. The number of benzene rings is 2. The SMILES string of the molecule is CN(Cc1ccc2ccccc2c1)C(=O)c1cc(Cl)ccn1. The van der Waals surface area contributed by atoms with Crippen LogP contribution in [0.3, 0.4) is 0 Å². The van der Waals surface area contributed by atoms with Gasteiger partial charge in [-0.1, -0.05) is 48.0 Å². The average molecular weight is 311 g/mol. The van der Waals surface area contributed by atoms with E-state index in [0.717, 1.165) is 5.56 Å². The van der Waals surface area contributed by atoms with Crippen molar-refractivity contribution in [2.45, 2.75) is 6.54 Å². The third-order valence-electron chi connectivity index (χ3n) is 3.52. The highest BCUT2D eigenvalue weighted by molar-refractivity contribution is 6.30. The molecule has 1 amide bonds. The molecule has 0 radical (unpaired) electrons. The predicted octanol–water partition coefficient (Wildman–Crippen LogP) is 4.16. The van der Waals surface area contributed by atoms with Gasteiger partial charge in [0, 0.05) is 24.8 Å². The van der Waals surface area contributed by atoms with Crippen LogP contribution in [0.2, 0.25) is 5.02 Å². The van der Waals surface area contributed by atoms with E-state index in [1.165, 1.54) is 10.8 Å². The third-order valence-corrected chi connectivity index (χ3v) is 3.76. The molecule has 110 valence electrons. The smallest absolute Gasteiger partial charge is 0.272 e. The van der Waals surface area contributed by atoms with Crippen molar-refractivity contribution in [1.82, 2.24) is 9.88 Å². The molecule has 4 heteroatoms. The van der Waals surface area contributed by atoms with Crippen LogP contribution in [-0.4, -0.2) is 22.8 Å². The minimum atomic E-state index is -0.143. The standard InChI is InChI=1S/C18H15ClN2O/c1-21(18(22)17-11-16(19)8-9-20-17)12-13-6-7-14-4-2-3-5-15(14)10-13/h2-11H,12H2,1H3. The quantitative estimate of drug-likeness (QED) is 0.727. The molecule has 0 unspecified atom stereocenters. The van der Waals surface area contributed by atoms with Crippen molar-refractivity contribution < 1.29 is 4.79 Å². The van der Waals surface area contributed by atoms with Crippen LogP contribution in [0.4, 0.5) is 0 Å². The fraction of sp³-hybridized carbons (Fsp3) is 0.111. The molecule has 0 aliphatic carbocycles. The predicted molar refractivity (Wildman–Crippen MR) is 89.0 cm³/mol. The van der Waals surface area contributed by atoms with Crippen molar-refractivity contribution in [2.24, 2.45) is 0 Å². The van der Waals surface area contributed by atoms with Crippen molar-refractivity contribution in [3.05, 3.63) is 77.1 Å². The van der Waals surface area contributed by atoms with Gasteiger partial charge in [-0.25, -0.2) is 0 Å². The monoisotopic (exact) mass is 310 g/mol. The molecular weight excluding hydrogens is 296 g/mol. The molecular formula is C18H15ClN2O. The van der Waals surface area contributed by atoms with Gasteiger partial charge in [0.15, 0.2) is 0 Å². The summed E-state index contributed by atoms with van der Waals surface area (Å²) in [6.45, 7) is 0.526. The van der Waals surface area contributed by atoms with E-state index in [-0.39, 0.29) is 5.91 Å². The number of carbonyl (C=O) groups is 1. The second kappa shape index (κ2) is 6.16. The maximum atomic E-state index is 12.4. The molecule has 0 bridgehead atoms. The first-order valence-electron chi connectivity index (χ1n) is 6.98. The Labute approximate surface area is 134 Å². The van der Waals surface area contributed by atoms with E-state index < -0.39 is 0 Å². The summed E-state index contributed by atoms with van der Waals surface area (Å²) < 4.78 is 0. The molecule has 0 fully saturated rings. The Balaban J connectivity index is 1.80. The zero-order valence-corrected chi connectivity index (χ0v) is 12.9. The van der Waals surface area contributed by atoms with Crippen LogP contribution in [0.1, 0.15) is 16.1 Å². The lowest BCUT2D eigenvalue weighted by Gasteiger charge is -2.17. The zero-order valence-electron chi connectivity index (χ0n) is 12.2. The van der Waals surface area contributed by atoms with Crippen LogP contribution in [0.25, 0.3) is 10.8 Å². The second-order valence-corrected chi connectivity index (χ2v) is 5.64. The topological polar surface area (TPSA) is 33.2 Å². The van der Waals surface area contributed by atoms with Gasteiger partial charge >= 0.3 is 0 Å². The van der Waals surface area contributed by atoms with Crippen molar-refractivity contribution in [3.8, 4) is 0 Å². The third kappa shape index (κ3) is 3.10. The van der Waals surface area contributed by atoms with E-state index in [1.807, 2.05) is 18.2 Å². The molecule has 3 rings (SSSR count). The molecule has 0 saturated heterocycles. The van der Waals surface area contributed by atoms with E-state index in [9.17, 15) is 4.79 Å². The first-order valence-corrected chi connectivity index (χ1v) is 7.36. The molecule has 0 aliphatic heterocycles. The number of amides is 1. The van der Waals surface area contributed by atoms with Crippen molar-refractivity contribution in [3.63, 3.8) is 0 Å². The minimum absolute atomic E-state index is 0.143. The van der Waals surface area contributed by atoms with Gasteiger partial charge < -0.3 is 4.90 Å². The second-order valence-electron chi connectivity index (χ2n) is 5.20. The number of hydrogen-bond donors (Lipinski definition) is 0. The molecule has 0 spiro atoms. The molecule has 3 nitrogen and oxygen atoms in total. The number of pyridine rings is 1. The number of aromatic nitrogens is 1. The Kier molecular flexibility index (Phi) is 4.07. The molecule has 3 aromatic rings. The summed E-state index contributed by atoms with van der Waals surface area (Å²) in [6, 6.07) is 17.6. The number of halogens is 1. The summed E-state index contributed by atoms with van der Waals surface area (Å²) in [5, 5.41) is 2.87. The van der Waals surface area contributed by atoms with Gasteiger partial charge in [0.1, 0.15) is 5.69 Å². The lowest BCUT2D eigenvalue weighted by atomic mass is 10.1. The minimum Gasteiger partial charge on any atom is -0.336 e. The number of nitrogens with zero attached hydrogens (tertiary/aromatic N) is 2. The lowest BCUT2D eigenvalue weighted by Crippen LogP contribution is -2.26. The van der Waals surface area contributed by atoms with Gasteiger partial charge in [-0.15, -0.1) is 0 Å². The zero-order chi connectivity index (χ0) is 15.5. The Morgan fingerprint density at radius 2 is 1.86 bits per heavy atom. The molecule has 0 saturated carbocycles. The first-order chi connectivity index (χ1) is 10.6. The van der Waals surface area contributed by atoms with E-state index in [4.69, 9.17) is 11.6 Å². The van der Waals surface area contributed by atoms with E-state index >= 15 is 0 Å².